The Balaban J connectivity index is 2.83. The van der Waals surface area contributed by atoms with Crippen molar-refractivity contribution in [2.24, 2.45) is 10.7 Å². The largest absolute Gasteiger partial charge is 0.479 e. The van der Waals surface area contributed by atoms with E-state index in [1.165, 1.54) is 11.3 Å². The number of aliphatic carboxylic acids is 1. The molecule has 1 atom stereocenters. The molecule has 1 heterocycles. The van der Waals surface area contributed by atoms with Crippen LogP contribution in [0.4, 0.5) is 5.00 Å². The molecule has 0 unspecified atom stereocenters. The fourth-order valence-corrected chi connectivity index (χ4v) is 2.10. The molecule has 0 spiro atoms. The number of aliphatic imine (C=N–C) groups is 1. The molecule has 1 aromatic heterocycles. The second-order valence-corrected chi connectivity index (χ2v) is 4.34. The van der Waals surface area contributed by atoms with E-state index < -0.39 is 12.0 Å². The van der Waals surface area contributed by atoms with Crippen molar-refractivity contribution in [1.29, 1.82) is 0 Å². The zero-order valence-electron chi connectivity index (χ0n) is 9.72. The van der Waals surface area contributed by atoms with E-state index in [2.05, 4.69) is 10.3 Å². The minimum atomic E-state index is -0.931. The molecular formula is C11H17N3O2S. The highest BCUT2D eigenvalue weighted by Crippen LogP contribution is 2.17. The molecule has 0 aliphatic rings. The van der Waals surface area contributed by atoms with Gasteiger partial charge >= 0.3 is 5.97 Å². The highest BCUT2D eigenvalue weighted by molar-refractivity contribution is 7.14. The molecule has 4 N–H and O–H groups in total. The highest BCUT2D eigenvalue weighted by Gasteiger charge is 2.23. The van der Waals surface area contributed by atoms with Gasteiger partial charge in [0.25, 0.3) is 0 Å². The fourth-order valence-electron chi connectivity index (χ4n) is 1.46. The Bertz CT molecular complexity index is 376. The molecule has 0 radical (unpaired) electrons. The molecule has 1 rings (SSSR count). The second-order valence-electron chi connectivity index (χ2n) is 3.40. The lowest BCUT2D eigenvalue weighted by Crippen LogP contribution is -2.38. The summed E-state index contributed by atoms with van der Waals surface area (Å²) in [6.07, 6.45) is 0.489. The van der Waals surface area contributed by atoms with E-state index >= 15 is 0 Å². The third-order valence-corrected chi connectivity index (χ3v) is 2.95. The maximum absolute atomic E-state index is 11.2. The molecule has 0 saturated heterocycles. The summed E-state index contributed by atoms with van der Waals surface area (Å²) in [5.74, 6) is -0.931. The third-order valence-electron chi connectivity index (χ3n) is 2.15. The van der Waals surface area contributed by atoms with Crippen molar-refractivity contribution in [3.05, 3.63) is 17.5 Å². The van der Waals surface area contributed by atoms with Crippen molar-refractivity contribution >= 4 is 28.0 Å². The lowest BCUT2D eigenvalue weighted by Gasteiger charge is -2.16. The van der Waals surface area contributed by atoms with Crippen molar-refractivity contribution in [2.75, 3.05) is 18.4 Å². The quantitative estimate of drug-likeness (QED) is 0.643. The number of carboxylic acids is 1. The number of carbonyl (C=O) groups is 1. The van der Waals surface area contributed by atoms with Gasteiger partial charge in [0.2, 0.25) is 0 Å². The van der Waals surface area contributed by atoms with E-state index in [4.69, 9.17) is 5.73 Å². The molecule has 0 fully saturated rings. The van der Waals surface area contributed by atoms with Crippen LogP contribution in [0.1, 0.15) is 13.3 Å². The van der Waals surface area contributed by atoms with E-state index in [0.717, 1.165) is 5.00 Å². The van der Waals surface area contributed by atoms with Crippen molar-refractivity contribution < 1.29 is 9.90 Å². The van der Waals surface area contributed by atoms with Crippen molar-refractivity contribution in [1.82, 2.24) is 0 Å². The number of rotatable bonds is 7. The van der Waals surface area contributed by atoms with Gasteiger partial charge in [-0.05, 0) is 31.0 Å². The summed E-state index contributed by atoms with van der Waals surface area (Å²) in [5, 5.41) is 14.9. The topological polar surface area (TPSA) is 87.7 Å². The minimum Gasteiger partial charge on any atom is -0.479 e. The molecule has 1 aromatic rings. The van der Waals surface area contributed by atoms with Crippen LogP contribution in [0.5, 0.6) is 0 Å². The molecule has 94 valence electrons. The number of hydrogen-bond acceptors (Lipinski definition) is 5. The first-order valence-corrected chi connectivity index (χ1v) is 6.33. The number of nitrogens with zero attached hydrogens (tertiary/aromatic N) is 1. The number of hydrogen-bond donors (Lipinski definition) is 3. The number of thiophene rings is 1. The third kappa shape index (κ3) is 4.16. The lowest BCUT2D eigenvalue weighted by atomic mass is 10.1. The van der Waals surface area contributed by atoms with Gasteiger partial charge in [-0.2, -0.15) is 0 Å². The highest BCUT2D eigenvalue weighted by atomic mass is 32.1. The van der Waals surface area contributed by atoms with E-state index in [9.17, 15) is 9.90 Å². The summed E-state index contributed by atoms with van der Waals surface area (Å²) in [7, 11) is 0. The molecule has 0 bridgehead atoms. The van der Waals surface area contributed by atoms with Crippen molar-refractivity contribution in [2.45, 2.75) is 19.4 Å². The van der Waals surface area contributed by atoms with Gasteiger partial charge in [-0.15, -0.1) is 11.3 Å². The predicted molar refractivity (Wildman–Crippen MR) is 71.0 cm³/mol. The zero-order chi connectivity index (χ0) is 12.7. The maximum Gasteiger partial charge on any atom is 0.332 e. The molecule has 0 aliphatic carbocycles. The van der Waals surface area contributed by atoms with Gasteiger partial charge in [-0.25, -0.2) is 4.79 Å². The molecule has 0 amide bonds. The maximum atomic E-state index is 11.2. The van der Waals surface area contributed by atoms with E-state index in [-0.39, 0.29) is 0 Å². The second kappa shape index (κ2) is 7.03. The molecule has 5 nitrogen and oxygen atoms in total. The monoisotopic (exact) mass is 255 g/mol. The summed E-state index contributed by atoms with van der Waals surface area (Å²) in [6, 6.07) is 2.91. The zero-order valence-corrected chi connectivity index (χ0v) is 10.5. The Hall–Kier alpha value is -1.40. The average molecular weight is 255 g/mol. The van der Waals surface area contributed by atoms with Crippen molar-refractivity contribution in [3.63, 3.8) is 0 Å². The number of nitrogens with two attached hydrogens (primary N) is 1. The van der Waals surface area contributed by atoms with Crippen molar-refractivity contribution in [3.8, 4) is 0 Å². The summed E-state index contributed by atoms with van der Waals surface area (Å²) < 4.78 is 0. The lowest BCUT2D eigenvalue weighted by molar-refractivity contribution is -0.136. The van der Waals surface area contributed by atoms with Gasteiger partial charge in [0.15, 0.2) is 6.04 Å². The summed E-state index contributed by atoms with van der Waals surface area (Å²) in [4.78, 5) is 15.5. The summed E-state index contributed by atoms with van der Waals surface area (Å²) in [6.45, 7) is 2.83. The molecule has 0 aromatic carbocycles. The van der Waals surface area contributed by atoms with Crippen LogP contribution in [0.15, 0.2) is 22.5 Å². The standard InChI is InChI=1S/C11H17N3O2S/c1-2-13-8(5-6-12)10(11(15)16)14-9-4-3-7-17-9/h3-4,7,10,14H,2,5-6,12H2,1H3,(H,15,16)/b13-8+/t10-/m0/s1. The number of carboxylic acid groups (broad SMARTS) is 1. The van der Waals surface area contributed by atoms with Crippen LogP contribution in [0.2, 0.25) is 0 Å². The smallest absolute Gasteiger partial charge is 0.332 e. The first-order valence-electron chi connectivity index (χ1n) is 5.45. The first kappa shape index (κ1) is 13.7. The van der Waals surface area contributed by atoms with Gasteiger partial charge in [-0.1, -0.05) is 0 Å². The van der Waals surface area contributed by atoms with Crippen LogP contribution in [0, 0.1) is 0 Å². The van der Waals surface area contributed by atoms with Crippen LogP contribution in [0.3, 0.4) is 0 Å². The SMILES string of the molecule is CC/N=C(\CCN)[C@H](Nc1cccs1)C(=O)O. The average Bonchev–Trinajstić information content (AvgIpc) is 2.78. The van der Waals surface area contributed by atoms with Crippen LogP contribution in [-0.2, 0) is 4.79 Å². The Kier molecular flexibility index (Phi) is 5.65. The first-order chi connectivity index (χ1) is 8.19. The molecule has 0 aliphatic heterocycles. The summed E-state index contributed by atoms with van der Waals surface area (Å²) >= 11 is 1.46. The van der Waals surface area contributed by atoms with Gasteiger partial charge in [0.1, 0.15) is 0 Å². The van der Waals surface area contributed by atoms with E-state index in [0.29, 0.717) is 25.2 Å². The molecule has 17 heavy (non-hydrogen) atoms. The minimum absolute atomic E-state index is 0.398. The Labute approximate surface area is 104 Å². The van der Waals surface area contributed by atoms with E-state index in [1.807, 2.05) is 24.4 Å². The fraction of sp³-hybridized carbons (Fsp3) is 0.455. The van der Waals surface area contributed by atoms with Gasteiger partial charge < -0.3 is 16.2 Å². The predicted octanol–water partition coefficient (Wildman–Crippen LogP) is 1.42. The van der Waals surface area contributed by atoms with Crippen LogP contribution < -0.4 is 11.1 Å². The van der Waals surface area contributed by atoms with Gasteiger partial charge in [0.05, 0.1) is 5.00 Å². The molecule has 0 saturated carbocycles. The Morgan fingerprint density at radius 3 is 2.94 bits per heavy atom. The molecular weight excluding hydrogens is 238 g/mol. The van der Waals surface area contributed by atoms with Crippen LogP contribution in [0.25, 0.3) is 0 Å². The van der Waals surface area contributed by atoms with Crippen LogP contribution in [-0.4, -0.2) is 35.9 Å². The normalized spacial score (nSPS) is 13.4. The van der Waals surface area contributed by atoms with Gasteiger partial charge in [0, 0.05) is 18.7 Å². The summed E-state index contributed by atoms with van der Waals surface area (Å²) in [5.41, 5.74) is 6.07. The van der Waals surface area contributed by atoms with E-state index in [1.54, 1.807) is 0 Å². The van der Waals surface area contributed by atoms with Crippen LogP contribution >= 0.6 is 11.3 Å². The Morgan fingerprint density at radius 2 is 2.47 bits per heavy atom. The number of anilines is 1. The number of nitrogens with one attached hydrogen (secondary N) is 1. The van der Waals surface area contributed by atoms with Gasteiger partial charge in [-0.3, -0.25) is 4.99 Å². The molecule has 6 heteroatoms. The Morgan fingerprint density at radius 1 is 1.71 bits per heavy atom.